The summed E-state index contributed by atoms with van der Waals surface area (Å²) < 4.78 is 3.08. The molecule has 0 aliphatic carbocycles. The maximum Gasteiger partial charge on any atom is 0.264 e. The minimum Gasteiger partial charge on any atom is -0.305 e. The summed E-state index contributed by atoms with van der Waals surface area (Å²) in [7, 11) is 5.94. The van der Waals surface area contributed by atoms with Gasteiger partial charge in [0.25, 0.3) is 5.56 Å². The largest absolute Gasteiger partial charge is 0.305 e. The molecule has 0 N–H and O–H groups in total. The van der Waals surface area contributed by atoms with Crippen molar-refractivity contribution >= 4 is 22.8 Å². The van der Waals surface area contributed by atoms with Crippen LogP contribution in [0.15, 0.2) is 84.3 Å². The molecular formula is C32H33N7O2. The van der Waals surface area contributed by atoms with Gasteiger partial charge in [-0.25, -0.2) is 15.0 Å². The van der Waals surface area contributed by atoms with Crippen LogP contribution in [0.4, 0.5) is 0 Å². The molecule has 0 amide bonds. The number of Topliss-reactive ketones (excluding diaryl/α,β-unsaturated/α-hetero) is 1. The number of ketones is 1. The van der Waals surface area contributed by atoms with Gasteiger partial charge in [0, 0.05) is 50.4 Å². The van der Waals surface area contributed by atoms with Gasteiger partial charge in [0.15, 0.2) is 5.78 Å². The molecule has 0 saturated heterocycles. The smallest absolute Gasteiger partial charge is 0.264 e. The van der Waals surface area contributed by atoms with Crippen LogP contribution in [0.5, 0.6) is 0 Å². The third kappa shape index (κ3) is 7.26. The van der Waals surface area contributed by atoms with Crippen molar-refractivity contribution in [2.24, 2.45) is 7.05 Å². The number of fused-ring (bicyclic) bond motifs is 1. The number of nitrogens with zero attached hydrogens (tertiary/aromatic N) is 7. The van der Waals surface area contributed by atoms with Gasteiger partial charge < -0.3 is 4.90 Å². The predicted octanol–water partition coefficient (Wildman–Crippen LogP) is 4.30. The van der Waals surface area contributed by atoms with Crippen molar-refractivity contribution in [2.45, 2.75) is 32.4 Å². The van der Waals surface area contributed by atoms with Gasteiger partial charge in [0.1, 0.15) is 11.4 Å². The first kappa shape index (κ1) is 27.8. The molecule has 9 heteroatoms. The summed E-state index contributed by atoms with van der Waals surface area (Å²) in [6.45, 7) is 1.18. The van der Waals surface area contributed by atoms with Gasteiger partial charge in [-0.1, -0.05) is 42.5 Å². The van der Waals surface area contributed by atoms with E-state index in [1.54, 1.807) is 4.68 Å². The first-order chi connectivity index (χ1) is 19.8. The van der Waals surface area contributed by atoms with Gasteiger partial charge in [-0.2, -0.15) is 5.10 Å². The van der Waals surface area contributed by atoms with E-state index in [-0.39, 0.29) is 29.9 Å². The monoisotopic (exact) mass is 547 g/mol. The number of allylic oxidation sites excluding steroid dienone is 1. The molecule has 0 aliphatic rings. The first-order valence-electron chi connectivity index (χ1n) is 13.5. The molecule has 0 bridgehead atoms. The maximum atomic E-state index is 12.8. The molecule has 3 heterocycles. The molecule has 0 atom stereocenters. The Balaban J connectivity index is 1.17. The molecule has 208 valence electrons. The second-order valence-corrected chi connectivity index (χ2v) is 10.4. The number of benzene rings is 2. The van der Waals surface area contributed by atoms with E-state index in [1.165, 1.54) is 28.2 Å². The third-order valence-electron chi connectivity index (χ3n) is 6.69. The lowest BCUT2D eigenvalue weighted by molar-refractivity contribution is 0.0981. The highest BCUT2D eigenvalue weighted by Crippen LogP contribution is 2.17. The highest BCUT2D eigenvalue weighted by Gasteiger charge is 2.13. The van der Waals surface area contributed by atoms with Gasteiger partial charge >= 0.3 is 0 Å². The minimum atomic E-state index is -0.352. The topological polar surface area (TPSA) is 98.8 Å². The van der Waals surface area contributed by atoms with Crippen LogP contribution < -0.4 is 5.56 Å². The fraction of sp³-hybridized carbons (Fsp3) is 0.250. The van der Waals surface area contributed by atoms with Crippen LogP contribution in [-0.2, 0) is 26.6 Å². The van der Waals surface area contributed by atoms with Crippen LogP contribution in [0.25, 0.3) is 17.0 Å². The molecule has 5 aromatic rings. The Morgan fingerprint density at radius 1 is 1.02 bits per heavy atom. The Morgan fingerprint density at radius 2 is 1.83 bits per heavy atom. The molecule has 0 radical (unpaired) electrons. The number of carbonyl (C=O) groups excluding carboxylic acids is 1. The first-order valence-corrected chi connectivity index (χ1v) is 13.5. The van der Waals surface area contributed by atoms with Crippen LogP contribution >= 0.6 is 0 Å². The Kier molecular flexibility index (Phi) is 8.55. The SMILES string of the molecule is CN(C)Cc1ccc(Cc2ncc3cc(/C=C/CCC(=O)c4cncn(Cc5ccn(C)n5)c4=O)ccc3n2)cc1. The number of hydrogen-bond acceptors (Lipinski definition) is 7. The van der Waals surface area contributed by atoms with Crippen molar-refractivity contribution in [3.8, 4) is 0 Å². The van der Waals surface area contributed by atoms with E-state index in [4.69, 9.17) is 4.98 Å². The van der Waals surface area contributed by atoms with Gasteiger partial charge in [-0.3, -0.25) is 18.8 Å². The van der Waals surface area contributed by atoms with E-state index < -0.39 is 0 Å². The van der Waals surface area contributed by atoms with Gasteiger partial charge in [0.2, 0.25) is 0 Å². The zero-order valence-corrected chi connectivity index (χ0v) is 23.6. The number of carbonyl (C=O) groups is 1. The average molecular weight is 548 g/mol. The van der Waals surface area contributed by atoms with E-state index in [0.29, 0.717) is 12.8 Å². The third-order valence-corrected chi connectivity index (χ3v) is 6.69. The zero-order valence-electron chi connectivity index (χ0n) is 23.6. The van der Waals surface area contributed by atoms with Crippen LogP contribution in [0.3, 0.4) is 0 Å². The highest BCUT2D eigenvalue weighted by atomic mass is 16.1. The molecule has 5 rings (SSSR count). The molecule has 3 aromatic heterocycles. The Morgan fingerprint density at radius 3 is 2.59 bits per heavy atom. The number of hydrogen-bond donors (Lipinski definition) is 0. The van der Waals surface area contributed by atoms with Gasteiger partial charge in [-0.15, -0.1) is 0 Å². The molecule has 9 nitrogen and oxygen atoms in total. The van der Waals surface area contributed by atoms with E-state index >= 15 is 0 Å². The molecule has 0 aliphatic heterocycles. The summed E-state index contributed by atoms with van der Waals surface area (Å²) in [5.41, 5.74) is 4.82. The average Bonchev–Trinajstić information content (AvgIpc) is 3.37. The molecule has 0 saturated carbocycles. The second kappa shape index (κ2) is 12.6. The van der Waals surface area contributed by atoms with Crippen LogP contribution in [0.1, 0.15) is 51.4 Å². The highest BCUT2D eigenvalue weighted by molar-refractivity contribution is 5.95. The van der Waals surface area contributed by atoms with Gasteiger partial charge in [-0.05, 0) is 55.4 Å². The van der Waals surface area contributed by atoms with Crippen molar-refractivity contribution in [3.63, 3.8) is 0 Å². The normalized spacial score (nSPS) is 11.6. The molecule has 41 heavy (non-hydrogen) atoms. The summed E-state index contributed by atoms with van der Waals surface area (Å²) in [4.78, 5) is 41.1. The van der Waals surface area contributed by atoms with E-state index in [0.717, 1.165) is 34.5 Å². The van der Waals surface area contributed by atoms with Crippen molar-refractivity contribution in [1.82, 2.24) is 34.2 Å². The van der Waals surface area contributed by atoms with Crippen molar-refractivity contribution in [1.29, 1.82) is 0 Å². The van der Waals surface area contributed by atoms with Crippen LogP contribution in [0.2, 0.25) is 0 Å². The molecular weight excluding hydrogens is 514 g/mol. The van der Waals surface area contributed by atoms with Crippen molar-refractivity contribution in [2.75, 3.05) is 14.1 Å². The van der Waals surface area contributed by atoms with Crippen molar-refractivity contribution < 1.29 is 4.79 Å². The number of aromatic nitrogens is 6. The van der Waals surface area contributed by atoms with Gasteiger partial charge in [0.05, 0.1) is 24.1 Å². The maximum absolute atomic E-state index is 12.8. The van der Waals surface area contributed by atoms with E-state index in [2.05, 4.69) is 58.3 Å². The van der Waals surface area contributed by atoms with E-state index in [9.17, 15) is 9.59 Å². The lowest BCUT2D eigenvalue weighted by Crippen LogP contribution is -2.27. The van der Waals surface area contributed by atoms with Crippen molar-refractivity contribution in [3.05, 3.63) is 124 Å². The lowest BCUT2D eigenvalue weighted by Gasteiger charge is -2.10. The Bertz CT molecular complexity index is 1750. The summed E-state index contributed by atoms with van der Waals surface area (Å²) in [6.07, 6.45) is 11.8. The predicted molar refractivity (Wildman–Crippen MR) is 160 cm³/mol. The minimum absolute atomic E-state index is 0.0972. The Labute approximate surface area is 238 Å². The fourth-order valence-corrected chi connectivity index (χ4v) is 4.63. The lowest BCUT2D eigenvalue weighted by atomic mass is 10.1. The molecule has 0 spiro atoms. The summed E-state index contributed by atoms with van der Waals surface area (Å²) in [6, 6.07) is 16.4. The molecule has 0 fully saturated rings. The Hall–Kier alpha value is -4.76. The standard InChI is InChI=1S/C32H33N7O2/c1-37(2)20-25-10-8-24(9-11-25)17-31-34-18-26-16-23(12-13-29(26)35-31)6-4-5-7-30(40)28-19-33-22-39(32(28)41)21-27-14-15-38(3)36-27/h4,6,8-16,18-19,22H,5,7,17,20-21H2,1-3H3/b6-4+. The second-order valence-electron chi connectivity index (χ2n) is 10.4. The quantitative estimate of drug-likeness (QED) is 0.227. The molecule has 2 aromatic carbocycles. The summed E-state index contributed by atoms with van der Waals surface area (Å²) in [5, 5.41) is 5.24. The van der Waals surface area contributed by atoms with Crippen LogP contribution in [-0.4, -0.2) is 54.1 Å². The fourth-order valence-electron chi connectivity index (χ4n) is 4.63. The van der Waals surface area contributed by atoms with E-state index in [1.807, 2.05) is 55.9 Å². The van der Waals surface area contributed by atoms with Crippen LogP contribution in [0, 0.1) is 0 Å². The molecule has 0 unspecified atom stereocenters. The summed E-state index contributed by atoms with van der Waals surface area (Å²) in [5.74, 6) is 0.559. The summed E-state index contributed by atoms with van der Waals surface area (Å²) >= 11 is 0. The zero-order chi connectivity index (χ0) is 28.8. The number of rotatable bonds is 11. The number of aryl methyl sites for hydroxylation is 1.